The lowest BCUT2D eigenvalue weighted by Crippen LogP contribution is -2.39. The maximum atomic E-state index is 10.5. The van der Waals surface area contributed by atoms with Crippen LogP contribution in [-0.2, 0) is 0 Å². The van der Waals surface area contributed by atoms with Crippen molar-refractivity contribution in [2.75, 3.05) is 0 Å². The van der Waals surface area contributed by atoms with Crippen molar-refractivity contribution in [1.82, 2.24) is 0 Å². The van der Waals surface area contributed by atoms with Gasteiger partial charge in [-0.2, -0.15) is 0 Å². The number of aliphatic hydroxyl groups is 1. The summed E-state index contributed by atoms with van der Waals surface area (Å²) >= 11 is 0. The van der Waals surface area contributed by atoms with E-state index in [0.29, 0.717) is 6.42 Å². The lowest BCUT2D eigenvalue weighted by molar-refractivity contribution is 0.0294. The number of hydrogen-bond acceptors (Lipinski definition) is 1. The van der Waals surface area contributed by atoms with Gasteiger partial charge in [0.05, 0.1) is 0 Å². The molecule has 1 heteroatoms. The van der Waals surface area contributed by atoms with Gasteiger partial charge in [-0.1, -0.05) is 49.3 Å². The number of hydrogen-bond donors (Lipinski definition) is 1. The third-order valence-corrected chi connectivity index (χ3v) is 3.69. The fourth-order valence-electron chi connectivity index (χ4n) is 2.64. The van der Waals surface area contributed by atoms with Crippen LogP contribution in [0.2, 0.25) is 0 Å². The fourth-order valence-corrected chi connectivity index (χ4v) is 2.64. The third-order valence-electron chi connectivity index (χ3n) is 3.69. The highest BCUT2D eigenvalue weighted by Gasteiger charge is 2.38. The first kappa shape index (κ1) is 12.0. The minimum absolute atomic E-state index is 0.0105. The molecule has 0 amide bonds. The second-order valence-corrected chi connectivity index (χ2v) is 4.76. The molecule has 17 heavy (non-hydrogen) atoms. The predicted octanol–water partition coefficient (Wildman–Crippen LogP) is 3.25. The average molecular weight is 226 g/mol. The van der Waals surface area contributed by atoms with Crippen LogP contribution in [0.25, 0.3) is 5.57 Å². The Morgan fingerprint density at radius 3 is 2.71 bits per heavy atom. The Labute approximate surface area is 103 Å². The van der Waals surface area contributed by atoms with Crippen molar-refractivity contribution in [2.24, 2.45) is 5.92 Å². The van der Waals surface area contributed by atoms with Crippen molar-refractivity contribution in [3.05, 3.63) is 42.5 Å². The van der Waals surface area contributed by atoms with Gasteiger partial charge in [-0.15, -0.1) is 6.42 Å². The summed E-state index contributed by atoms with van der Waals surface area (Å²) in [7, 11) is 0. The molecule has 0 saturated heterocycles. The van der Waals surface area contributed by atoms with Crippen molar-refractivity contribution in [1.29, 1.82) is 0 Å². The van der Waals surface area contributed by atoms with E-state index in [1.807, 2.05) is 30.3 Å². The van der Waals surface area contributed by atoms with Crippen LogP contribution in [0, 0.1) is 18.3 Å². The molecule has 1 saturated carbocycles. The minimum Gasteiger partial charge on any atom is -0.377 e. The molecule has 1 aromatic carbocycles. The van der Waals surface area contributed by atoms with Gasteiger partial charge in [0.2, 0.25) is 0 Å². The van der Waals surface area contributed by atoms with Gasteiger partial charge in [-0.05, 0) is 30.4 Å². The summed E-state index contributed by atoms with van der Waals surface area (Å²) in [5, 5.41) is 10.5. The molecule has 0 aromatic heterocycles. The number of rotatable bonds is 2. The summed E-state index contributed by atoms with van der Waals surface area (Å²) in [5.41, 5.74) is 1.03. The van der Waals surface area contributed by atoms with Crippen molar-refractivity contribution in [3.63, 3.8) is 0 Å². The Morgan fingerprint density at radius 1 is 1.35 bits per heavy atom. The van der Waals surface area contributed by atoms with Crippen LogP contribution in [-0.4, -0.2) is 10.7 Å². The summed E-state index contributed by atoms with van der Waals surface area (Å²) in [6.45, 7) is 4.14. The zero-order valence-electron chi connectivity index (χ0n) is 10.0. The van der Waals surface area contributed by atoms with Crippen LogP contribution in [0.4, 0.5) is 0 Å². The molecule has 1 fully saturated rings. The number of terminal acetylenes is 1. The summed E-state index contributed by atoms with van der Waals surface area (Å²) < 4.78 is 0. The lowest BCUT2D eigenvalue weighted by Gasteiger charge is -2.37. The highest BCUT2D eigenvalue weighted by molar-refractivity contribution is 5.67. The smallest absolute Gasteiger partial charge is 0.132 e. The van der Waals surface area contributed by atoms with E-state index in [2.05, 4.69) is 12.5 Å². The van der Waals surface area contributed by atoms with Gasteiger partial charge in [0, 0.05) is 5.92 Å². The normalized spacial score (nSPS) is 28.4. The molecule has 0 heterocycles. The molecule has 88 valence electrons. The van der Waals surface area contributed by atoms with Crippen LogP contribution in [0.5, 0.6) is 0 Å². The van der Waals surface area contributed by atoms with E-state index in [9.17, 15) is 5.11 Å². The molecule has 1 N–H and O–H groups in total. The maximum Gasteiger partial charge on any atom is 0.132 e. The molecular formula is C16H18O. The quantitative estimate of drug-likeness (QED) is 0.767. The standard InChI is InChI=1S/C16H18O/c1-3-16(17)12-8-7-11-15(16)13(2)14-9-5-4-6-10-14/h1,4-6,9-10,15,17H,2,7-8,11-12H2. The van der Waals surface area contributed by atoms with Crippen LogP contribution < -0.4 is 0 Å². The molecule has 1 nitrogen and oxygen atoms in total. The summed E-state index contributed by atoms with van der Waals surface area (Å²) in [6.07, 6.45) is 9.22. The molecule has 0 bridgehead atoms. The minimum atomic E-state index is -1.01. The summed E-state index contributed by atoms with van der Waals surface area (Å²) in [5.74, 6) is 2.57. The van der Waals surface area contributed by atoms with E-state index in [1.165, 1.54) is 0 Å². The van der Waals surface area contributed by atoms with Gasteiger partial charge in [0.15, 0.2) is 0 Å². The van der Waals surface area contributed by atoms with Crippen LogP contribution in [0.1, 0.15) is 31.2 Å². The predicted molar refractivity (Wildman–Crippen MR) is 71.2 cm³/mol. The molecular weight excluding hydrogens is 208 g/mol. The van der Waals surface area contributed by atoms with Gasteiger partial charge in [-0.3, -0.25) is 0 Å². The largest absolute Gasteiger partial charge is 0.377 e. The Bertz CT molecular complexity index is 440. The van der Waals surface area contributed by atoms with E-state index in [-0.39, 0.29) is 5.92 Å². The maximum absolute atomic E-state index is 10.5. The monoisotopic (exact) mass is 226 g/mol. The van der Waals surface area contributed by atoms with Gasteiger partial charge < -0.3 is 5.11 Å². The van der Waals surface area contributed by atoms with Crippen molar-refractivity contribution >= 4 is 5.57 Å². The zero-order chi connectivity index (χ0) is 12.3. The van der Waals surface area contributed by atoms with Crippen LogP contribution in [0.15, 0.2) is 36.9 Å². The fraction of sp³-hybridized carbons (Fsp3) is 0.375. The number of benzene rings is 1. The second kappa shape index (κ2) is 4.77. The molecule has 0 radical (unpaired) electrons. The molecule has 2 unspecified atom stereocenters. The lowest BCUT2D eigenvalue weighted by atomic mass is 9.71. The van der Waals surface area contributed by atoms with Crippen molar-refractivity contribution in [2.45, 2.75) is 31.3 Å². The van der Waals surface area contributed by atoms with Gasteiger partial charge in [0.1, 0.15) is 5.60 Å². The molecule has 1 aliphatic carbocycles. The Morgan fingerprint density at radius 2 is 2.06 bits per heavy atom. The summed E-state index contributed by atoms with van der Waals surface area (Å²) in [4.78, 5) is 0. The molecule has 1 aromatic rings. The third kappa shape index (κ3) is 2.28. The van der Waals surface area contributed by atoms with Crippen LogP contribution in [0.3, 0.4) is 0 Å². The van der Waals surface area contributed by atoms with Crippen LogP contribution >= 0.6 is 0 Å². The van der Waals surface area contributed by atoms with Gasteiger partial charge >= 0.3 is 0 Å². The molecule has 0 aliphatic heterocycles. The first-order valence-corrected chi connectivity index (χ1v) is 6.12. The van der Waals surface area contributed by atoms with E-state index in [0.717, 1.165) is 30.4 Å². The molecule has 0 spiro atoms. The Hall–Kier alpha value is -1.52. The zero-order valence-corrected chi connectivity index (χ0v) is 10.0. The molecule has 2 atom stereocenters. The molecule has 1 aliphatic rings. The highest BCUT2D eigenvalue weighted by atomic mass is 16.3. The van der Waals surface area contributed by atoms with Gasteiger partial charge in [-0.25, -0.2) is 0 Å². The second-order valence-electron chi connectivity index (χ2n) is 4.76. The topological polar surface area (TPSA) is 20.2 Å². The first-order valence-electron chi connectivity index (χ1n) is 6.12. The van der Waals surface area contributed by atoms with E-state index < -0.39 is 5.60 Å². The average Bonchev–Trinajstić information content (AvgIpc) is 2.39. The molecule has 2 rings (SSSR count). The van der Waals surface area contributed by atoms with E-state index >= 15 is 0 Å². The Kier molecular flexibility index (Phi) is 3.36. The van der Waals surface area contributed by atoms with Crippen molar-refractivity contribution in [3.8, 4) is 12.3 Å². The van der Waals surface area contributed by atoms with Gasteiger partial charge in [0.25, 0.3) is 0 Å². The SMILES string of the molecule is C#CC1(O)CCCCC1C(=C)c1ccccc1. The van der Waals surface area contributed by atoms with Crippen molar-refractivity contribution < 1.29 is 5.11 Å². The Balaban J connectivity index is 2.27. The van der Waals surface area contributed by atoms with E-state index in [1.54, 1.807) is 0 Å². The summed E-state index contributed by atoms with van der Waals surface area (Å²) in [6, 6.07) is 9.99. The highest BCUT2D eigenvalue weighted by Crippen LogP contribution is 2.40. The first-order chi connectivity index (χ1) is 8.17. The van der Waals surface area contributed by atoms with E-state index in [4.69, 9.17) is 6.42 Å².